The van der Waals surface area contributed by atoms with Crippen LogP contribution < -0.4 is 16.6 Å². The Balaban J connectivity index is 1.95. The van der Waals surface area contributed by atoms with Crippen molar-refractivity contribution in [2.24, 2.45) is 7.05 Å². The molecular weight excluding hydrogens is 308 g/mol. The maximum absolute atomic E-state index is 13.4. The molecule has 0 saturated carbocycles. The molecule has 23 heavy (non-hydrogen) atoms. The number of nitrogens with one attached hydrogen (secondary N) is 1. The van der Waals surface area contributed by atoms with Crippen LogP contribution in [0, 0.1) is 11.6 Å². The molecule has 1 amide bonds. The highest BCUT2D eigenvalue weighted by atomic mass is 19.1. The van der Waals surface area contributed by atoms with Gasteiger partial charge in [-0.2, -0.15) is 0 Å². The van der Waals surface area contributed by atoms with Crippen LogP contribution in [-0.4, -0.2) is 21.6 Å². The maximum atomic E-state index is 13.4. The zero-order valence-electron chi connectivity index (χ0n) is 12.4. The summed E-state index contributed by atoms with van der Waals surface area (Å²) in [4.78, 5) is 34.8. The van der Waals surface area contributed by atoms with E-state index in [0.29, 0.717) is 0 Å². The summed E-state index contributed by atoms with van der Waals surface area (Å²) in [5.74, 6) is -1.84. The molecule has 2 rings (SSSR count). The highest BCUT2D eigenvalue weighted by Crippen LogP contribution is 2.11. The van der Waals surface area contributed by atoms with E-state index in [1.165, 1.54) is 25.4 Å². The normalized spacial score (nSPS) is 10.6. The first-order valence-electron chi connectivity index (χ1n) is 6.86. The number of amides is 1. The topological polar surface area (TPSA) is 73.1 Å². The fourth-order valence-electron chi connectivity index (χ4n) is 2.05. The molecule has 2 aromatic rings. The summed E-state index contributed by atoms with van der Waals surface area (Å²) >= 11 is 0. The first-order valence-corrected chi connectivity index (χ1v) is 6.86. The number of benzene rings is 1. The molecule has 0 spiro atoms. The lowest BCUT2D eigenvalue weighted by Gasteiger charge is -2.09. The van der Waals surface area contributed by atoms with E-state index in [-0.39, 0.29) is 25.1 Å². The molecule has 0 atom stereocenters. The highest BCUT2D eigenvalue weighted by Gasteiger charge is 2.10. The zero-order valence-corrected chi connectivity index (χ0v) is 12.4. The number of carbonyl (C=O) groups is 1. The van der Waals surface area contributed by atoms with E-state index in [9.17, 15) is 23.2 Å². The standard InChI is InChI=1S/C15H15F2N3O3/c1-19-14(22)6-8-20(15(19)23)9-13(21)18-7-5-10-11(16)3-2-4-12(10)17/h2-4,6,8H,5,7,9H2,1H3,(H,18,21). The first kappa shape index (κ1) is 16.6. The molecule has 8 heteroatoms. The molecule has 0 aliphatic carbocycles. The number of carbonyl (C=O) groups excluding carboxylic acids is 1. The van der Waals surface area contributed by atoms with Crippen LogP contribution in [0.25, 0.3) is 0 Å². The molecule has 1 heterocycles. The highest BCUT2D eigenvalue weighted by molar-refractivity contribution is 5.75. The molecule has 0 bridgehead atoms. The fourth-order valence-corrected chi connectivity index (χ4v) is 2.05. The second-order valence-corrected chi connectivity index (χ2v) is 4.92. The maximum Gasteiger partial charge on any atom is 0.331 e. The van der Waals surface area contributed by atoms with Crippen molar-refractivity contribution in [3.63, 3.8) is 0 Å². The number of rotatable bonds is 5. The van der Waals surface area contributed by atoms with Gasteiger partial charge in [0.05, 0.1) is 0 Å². The molecule has 1 aromatic carbocycles. The van der Waals surface area contributed by atoms with E-state index >= 15 is 0 Å². The number of hydrogen-bond acceptors (Lipinski definition) is 3. The third-order valence-electron chi connectivity index (χ3n) is 3.33. The van der Waals surface area contributed by atoms with Gasteiger partial charge in [0.15, 0.2) is 0 Å². The number of hydrogen-bond donors (Lipinski definition) is 1. The lowest BCUT2D eigenvalue weighted by molar-refractivity contribution is -0.121. The first-order chi connectivity index (χ1) is 10.9. The third-order valence-corrected chi connectivity index (χ3v) is 3.33. The smallest absolute Gasteiger partial charge is 0.331 e. The predicted molar refractivity (Wildman–Crippen MR) is 79.0 cm³/mol. The van der Waals surface area contributed by atoms with Gasteiger partial charge in [0.25, 0.3) is 5.56 Å². The molecular formula is C15H15F2N3O3. The lowest BCUT2D eigenvalue weighted by atomic mass is 10.1. The van der Waals surface area contributed by atoms with Crippen LogP contribution in [0.2, 0.25) is 0 Å². The van der Waals surface area contributed by atoms with Crippen molar-refractivity contribution in [3.8, 4) is 0 Å². The van der Waals surface area contributed by atoms with Gasteiger partial charge in [0, 0.05) is 31.4 Å². The Bertz CT molecular complexity index is 822. The number of aromatic nitrogens is 2. The van der Waals surface area contributed by atoms with Crippen molar-refractivity contribution < 1.29 is 13.6 Å². The van der Waals surface area contributed by atoms with Crippen LogP contribution in [0.15, 0.2) is 40.1 Å². The molecule has 0 aliphatic rings. The molecule has 0 unspecified atom stereocenters. The quantitative estimate of drug-likeness (QED) is 0.853. The summed E-state index contributed by atoms with van der Waals surface area (Å²) in [5.41, 5.74) is -1.19. The Morgan fingerprint density at radius 2 is 1.83 bits per heavy atom. The van der Waals surface area contributed by atoms with E-state index in [0.717, 1.165) is 21.3 Å². The second-order valence-electron chi connectivity index (χ2n) is 4.92. The third kappa shape index (κ3) is 3.91. The van der Waals surface area contributed by atoms with Gasteiger partial charge in [0.1, 0.15) is 18.2 Å². The Kier molecular flexibility index (Phi) is 5.05. The Morgan fingerprint density at radius 3 is 2.48 bits per heavy atom. The van der Waals surface area contributed by atoms with Crippen molar-refractivity contribution in [2.75, 3.05) is 6.54 Å². The van der Waals surface area contributed by atoms with Crippen molar-refractivity contribution in [3.05, 3.63) is 68.5 Å². The largest absolute Gasteiger partial charge is 0.354 e. The molecule has 122 valence electrons. The lowest BCUT2D eigenvalue weighted by Crippen LogP contribution is -2.40. The van der Waals surface area contributed by atoms with Crippen molar-refractivity contribution >= 4 is 5.91 Å². The van der Waals surface area contributed by atoms with Crippen molar-refractivity contribution in [2.45, 2.75) is 13.0 Å². The van der Waals surface area contributed by atoms with Gasteiger partial charge < -0.3 is 5.32 Å². The number of nitrogens with zero attached hydrogens (tertiary/aromatic N) is 2. The van der Waals surface area contributed by atoms with Crippen LogP contribution in [0.4, 0.5) is 8.78 Å². The van der Waals surface area contributed by atoms with E-state index in [4.69, 9.17) is 0 Å². The fraction of sp³-hybridized carbons (Fsp3) is 0.267. The van der Waals surface area contributed by atoms with Gasteiger partial charge >= 0.3 is 5.69 Å². The SMILES string of the molecule is Cn1c(=O)ccn(CC(=O)NCCc2c(F)cccc2F)c1=O. The van der Waals surface area contributed by atoms with E-state index < -0.39 is 28.8 Å². The monoisotopic (exact) mass is 323 g/mol. The van der Waals surface area contributed by atoms with Crippen molar-refractivity contribution in [1.29, 1.82) is 0 Å². The second kappa shape index (κ2) is 6.99. The van der Waals surface area contributed by atoms with E-state index in [1.807, 2.05) is 0 Å². The van der Waals surface area contributed by atoms with Gasteiger partial charge in [-0.05, 0) is 18.6 Å². The Morgan fingerprint density at radius 1 is 1.17 bits per heavy atom. The molecule has 1 aromatic heterocycles. The van der Waals surface area contributed by atoms with Crippen LogP contribution in [-0.2, 0) is 24.8 Å². The van der Waals surface area contributed by atoms with Crippen LogP contribution >= 0.6 is 0 Å². The average molecular weight is 323 g/mol. The number of halogens is 2. The molecule has 0 saturated heterocycles. The van der Waals surface area contributed by atoms with Crippen LogP contribution in [0.1, 0.15) is 5.56 Å². The van der Waals surface area contributed by atoms with Crippen LogP contribution in [0.3, 0.4) is 0 Å². The van der Waals surface area contributed by atoms with Crippen LogP contribution in [0.5, 0.6) is 0 Å². The van der Waals surface area contributed by atoms with Crippen molar-refractivity contribution in [1.82, 2.24) is 14.5 Å². The van der Waals surface area contributed by atoms with E-state index in [1.54, 1.807) is 0 Å². The molecule has 0 aliphatic heterocycles. The Labute approximate surface area is 130 Å². The minimum absolute atomic E-state index is 0.00752. The van der Waals surface area contributed by atoms with Gasteiger partial charge in [-0.1, -0.05) is 6.07 Å². The predicted octanol–water partition coefficient (Wildman–Crippen LogP) is 0.184. The molecule has 1 N–H and O–H groups in total. The van der Waals surface area contributed by atoms with Gasteiger partial charge in [-0.3, -0.25) is 18.7 Å². The van der Waals surface area contributed by atoms with Gasteiger partial charge in [-0.25, -0.2) is 13.6 Å². The molecule has 6 nitrogen and oxygen atoms in total. The zero-order chi connectivity index (χ0) is 17.0. The molecule has 0 fully saturated rings. The van der Waals surface area contributed by atoms with Gasteiger partial charge in [0.2, 0.25) is 5.91 Å². The summed E-state index contributed by atoms with van der Waals surface area (Å²) in [6.45, 7) is -0.260. The summed E-state index contributed by atoms with van der Waals surface area (Å²) < 4.78 is 28.8. The van der Waals surface area contributed by atoms with Gasteiger partial charge in [-0.15, -0.1) is 0 Å². The summed E-state index contributed by atoms with van der Waals surface area (Å²) in [5, 5.41) is 2.48. The minimum atomic E-state index is -0.673. The Hall–Kier alpha value is -2.77. The summed E-state index contributed by atoms with van der Waals surface area (Å²) in [6.07, 6.45) is 1.22. The minimum Gasteiger partial charge on any atom is -0.354 e. The molecule has 0 radical (unpaired) electrons. The summed E-state index contributed by atoms with van der Waals surface area (Å²) in [7, 11) is 1.31. The van der Waals surface area contributed by atoms with E-state index in [2.05, 4.69) is 5.32 Å². The summed E-state index contributed by atoms with van der Waals surface area (Å²) in [6, 6.07) is 4.72. The average Bonchev–Trinajstić information content (AvgIpc) is 2.51.